The Morgan fingerprint density at radius 1 is 1.39 bits per heavy atom. The average molecular weight is 268 g/mol. The number of fused-ring (bicyclic) bond motifs is 1. The Labute approximate surface area is 110 Å². The van der Waals surface area contributed by atoms with Gasteiger partial charge in [0.1, 0.15) is 11.4 Å². The lowest BCUT2D eigenvalue weighted by atomic mass is 9.87. The van der Waals surface area contributed by atoms with E-state index in [-0.39, 0.29) is 5.60 Å². The zero-order valence-electron chi connectivity index (χ0n) is 9.86. The minimum absolute atomic E-state index is 0.223. The summed E-state index contributed by atoms with van der Waals surface area (Å²) in [6, 6.07) is 5.66. The molecule has 0 atom stereocenters. The van der Waals surface area contributed by atoms with Crippen molar-refractivity contribution in [1.29, 1.82) is 0 Å². The Morgan fingerprint density at radius 3 is 2.78 bits per heavy atom. The van der Waals surface area contributed by atoms with Crippen LogP contribution in [0.4, 0.5) is 4.79 Å². The van der Waals surface area contributed by atoms with Crippen LogP contribution in [-0.4, -0.2) is 34.8 Å². The molecule has 1 aromatic rings. The van der Waals surface area contributed by atoms with Crippen molar-refractivity contribution in [2.45, 2.75) is 24.9 Å². The predicted molar refractivity (Wildman–Crippen MR) is 67.3 cm³/mol. The first-order valence-corrected chi connectivity index (χ1v) is 6.41. The van der Waals surface area contributed by atoms with Gasteiger partial charge in [0.2, 0.25) is 0 Å². The van der Waals surface area contributed by atoms with Gasteiger partial charge in [-0.25, -0.2) is 4.79 Å². The SMILES string of the molecule is O=C(O)N1CCC2(CC1)Cc1cc(Cl)ccc1O2. The molecule has 2 aliphatic heterocycles. The van der Waals surface area contributed by atoms with Gasteiger partial charge in [-0.1, -0.05) is 11.6 Å². The summed E-state index contributed by atoms with van der Waals surface area (Å²) >= 11 is 5.97. The topological polar surface area (TPSA) is 49.8 Å². The lowest BCUT2D eigenvalue weighted by molar-refractivity contribution is 0.0224. The number of halogens is 1. The highest BCUT2D eigenvalue weighted by Crippen LogP contribution is 2.41. The molecule has 0 aromatic heterocycles. The van der Waals surface area contributed by atoms with Gasteiger partial charge in [0.15, 0.2) is 0 Å². The molecule has 1 aromatic carbocycles. The second-order valence-electron chi connectivity index (χ2n) is 4.98. The van der Waals surface area contributed by atoms with Crippen LogP contribution in [0.15, 0.2) is 18.2 Å². The molecule has 0 radical (unpaired) electrons. The van der Waals surface area contributed by atoms with Gasteiger partial charge in [-0.2, -0.15) is 0 Å². The van der Waals surface area contributed by atoms with Crippen molar-refractivity contribution in [1.82, 2.24) is 4.90 Å². The van der Waals surface area contributed by atoms with Gasteiger partial charge < -0.3 is 14.7 Å². The van der Waals surface area contributed by atoms with E-state index in [0.717, 1.165) is 35.6 Å². The largest absolute Gasteiger partial charge is 0.487 e. The maximum atomic E-state index is 10.9. The van der Waals surface area contributed by atoms with E-state index in [0.29, 0.717) is 13.1 Å². The summed E-state index contributed by atoms with van der Waals surface area (Å²) < 4.78 is 6.04. The van der Waals surface area contributed by atoms with Crippen LogP contribution in [0.1, 0.15) is 18.4 Å². The third-order valence-electron chi connectivity index (χ3n) is 3.81. The minimum atomic E-state index is -0.844. The van der Waals surface area contributed by atoms with Crippen LogP contribution in [0.2, 0.25) is 5.02 Å². The Morgan fingerprint density at radius 2 is 2.11 bits per heavy atom. The van der Waals surface area contributed by atoms with E-state index in [4.69, 9.17) is 21.4 Å². The normalized spacial score (nSPS) is 20.6. The van der Waals surface area contributed by atoms with Crippen LogP contribution in [0.3, 0.4) is 0 Å². The molecule has 1 amide bonds. The highest BCUT2D eigenvalue weighted by Gasteiger charge is 2.42. The molecule has 2 aliphatic rings. The summed E-state index contributed by atoms with van der Waals surface area (Å²) in [4.78, 5) is 12.3. The van der Waals surface area contributed by atoms with E-state index < -0.39 is 6.09 Å². The molecular formula is C13H14ClNO3. The molecule has 1 saturated heterocycles. The zero-order chi connectivity index (χ0) is 12.8. The third kappa shape index (κ3) is 1.90. The van der Waals surface area contributed by atoms with Gasteiger partial charge in [-0.15, -0.1) is 0 Å². The van der Waals surface area contributed by atoms with Gasteiger partial charge >= 0.3 is 6.09 Å². The van der Waals surface area contributed by atoms with Crippen molar-refractivity contribution in [3.05, 3.63) is 28.8 Å². The molecule has 4 nitrogen and oxygen atoms in total. The number of piperidine rings is 1. The maximum absolute atomic E-state index is 10.9. The zero-order valence-corrected chi connectivity index (χ0v) is 10.6. The number of benzene rings is 1. The first kappa shape index (κ1) is 11.7. The molecule has 1 spiro atoms. The second-order valence-corrected chi connectivity index (χ2v) is 5.42. The molecule has 0 aliphatic carbocycles. The van der Waals surface area contributed by atoms with Crippen molar-refractivity contribution >= 4 is 17.7 Å². The van der Waals surface area contributed by atoms with Crippen LogP contribution >= 0.6 is 11.6 Å². The Kier molecular flexibility index (Phi) is 2.63. The number of carboxylic acid groups (broad SMARTS) is 1. The Hall–Kier alpha value is -1.42. The van der Waals surface area contributed by atoms with Crippen LogP contribution in [0, 0.1) is 0 Å². The number of rotatable bonds is 0. The van der Waals surface area contributed by atoms with Crippen LogP contribution in [0.25, 0.3) is 0 Å². The number of amides is 1. The van der Waals surface area contributed by atoms with Gasteiger partial charge in [-0.3, -0.25) is 0 Å². The number of hydrogen-bond acceptors (Lipinski definition) is 2. The summed E-state index contributed by atoms with van der Waals surface area (Å²) in [5.41, 5.74) is 0.908. The van der Waals surface area contributed by atoms with E-state index >= 15 is 0 Å². The molecule has 5 heteroatoms. The van der Waals surface area contributed by atoms with E-state index in [1.165, 1.54) is 4.90 Å². The number of nitrogens with zero attached hydrogens (tertiary/aromatic N) is 1. The molecule has 0 bridgehead atoms. The number of ether oxygens (including phenoxy) is 1. The molecular weight excluding hydrogens is 254 g/mol. The summed E-state index contributed by atoms with van der Waals surface area (Å²) in [5, 5.41) is 9.67. The van der Waals surface area contributed by atoms with Gasteiger partial charge in [0.25, 0.3) is 0 Å². The van der Waals surface area contributed by atoms with Crippen molar-refractivity contribution < 1.29 is 14.6 Å². The predicted octanol–water partition coefficient (Wildman–Crippen LogP) is 2.79. The average Bonchev–Trinajstić information content (AvgIpc) is 2.66. The number of hydrogen-bond donors (Lipinski definition) is 1. The number of carbonyl (C=O) groups is 1. The standard InChI is InChI=1S/C13H14ClNO3/c14-10-1-2-11-9(7-10)8-13(18-11)3-5-15(6-4-13)12(16)17/h1-2,7H,3-6,8H2,(H,16,17). The first-order valence-electron chi connectivity index (χ1n) is 6.03. The minimum Gasteiger partial charge on any atom is -0.487 e. The Balaban J connectivity index is 1.76. The van der Waals surface area contributed by atoms with Crippen LogP contribution in [0.5, 0.6) is 5.75 Å². The fourth-order valence-electron chi connectivity index (χ4n) is 2.79. The van der Waals surface area contributed by atoms with E-state index in [2.05, 4.69) is 0 Å². The molecule has 0 saturated carbocycles. The van der Waals surface area contributed by atoms with Crippen molar-refractivity contribution in [3.8, 4) is 5.75 Å². The monoisotopic (exact) mass is 267 g/mol. The maximum Gasteiger partial charge on any atom is 0.407 e. The lowest BCUT2D eigenvalue weighted by Crippen LogP contribution is -2.48. The van der Waals surface area contributed by atoms with Gasteiger partial charge in [0, 0.05) is 37.4 Å². The summed E-state index contributed by atoms with van der Waals surface area (Å²) in [7, 11) is 0. The van der Waals surface area contributed by atoms with Crippen LogP contribution < -0.4 is 4.74 Å². The van der Waals surface area contributed by atoms with Gasteiger partial charge in [-0.05, 0) is 23.8 Å². The first-order chi connectivity index (χ1) is 8.58. The number of likely N-dealkylation sites (tertiary alicyclic amines) is 1. The smallest absolute Gasteiger partial charge is 0.407 e. The second kappa shape index (κ2) is 4.05. The third-order valence-corrected chi connectivity index (χ3v) is 4.04. The van der Waals surface area contributed by atoms with Crippen molar-refractivity contribution in [2.24, 2.45) is 0 Å². The fourth-order valence-corrected chi connectivity index (χ4v) is 2.98. The van der Waals surface area contributed by atoms with Crippen LogP contribution in [-0.2, 0) is 6.42 Å². The molecule has 1 N–H and O–H groups in total. The Bertz CT molecular complexity index is 495. The quantitative estimate of drug-likeness (QED) is 0.786. The van der Waals surface area contributed by atoms with E-state index in [9.17, 15) is 4.79 Å². The molecule has 3 rings (SSSR count). The molecule has 0 unspecified atom stereocenters. The molecule has 1 fully saturated rings. The highest BCUT2D eigenvalue weighted by molar-refractivity contribution is 6.30. The van der Waals surface area contributed by atoms with E-state index in [1.54, 1.807) is 0 Å². The van der Waals surface area contributed by atoms with E-state index in [1.807, 2.05) is 18.2 Å². The molecule has 18 heavy (non-hydrogen) atoms. The fraction of sp³-hybridized carbons (Fsp3) is 0.462. The molecule has 96 valence electrons. The summed E-state index contributed by atoms with van der Waals surface area (Å²) in [6.07, 6.45) is 1.47. The lowest BCUT2D eigenvalue weighted by Gasteiger charge is -2.37. The van der Waals surface area contributed by atoms with Gasteiger partial charge in [0.05, 0.1) is 0 Å². The highest BCUT2D eigenvalue weighted by atomic mass is 35.5. The summed E-state index contributed by atoms with van der Waals surface area (Å²) in [5.74, 6) is 0.892. The summed E-state index contributed by atoms with van der Waals surface area (Å²) in [6.45, 7) is 1.08. The van der Waals surface area contributed by atoms with Crippen molar-refractivity contribution in [2.75, 3.05) is 13.1 Å². The van der Waals surface area contributed by atoms with Crippen molar-refractivity contribution in [3.63, 3.8) is 0 Å². The molecule has 2 heterocycles.